The standard InChI is InChI=1S/C84H130N8S7/c1-8-15-22-29-36-46-59-93-70-69(68-57-55-67(56-58-68)66-53-44-43-45-54-66)77-85-78(70)87-80-73(96-62-49-39-32-25-18-11-4)74(97-63-50-40-33-26-19-12-5)82(89-80)91-84-76(99-65-52-42-35-28-21-14-7)75(98-64-51-41-34-27-20-13-6)83(92-84)90-81-72(95-61-48-38-31-24-17-10-3)71(79(86-77)88-81)94-60-47-37-30-23-16-9-2/h43-45,53-58H,8-42,46-52,59-65H2,1-7H3,(H2,85,86,87,88,89,90,91,92). The number of thioether (sulfide) groups is 7. The van der Waals surface area contributed by atoms with Crippen LogP contribution in [0.3, 0.4) is 0 Å². The highest BCUT2D eigenvalue weighted by atomic mass is 32.2. The fourth-order valence-electron chi connectivity index (χ4n) is 12.8. The predicted molar refractivity (Wildman–Crippen MR) is 451 cm³/mol. The Morgan fingerprint density at radius 1 is 0.222 bits per heavy atom. The first-order chi connectivity index (χ1) is 49.0. The van der Waals surface area contributed by atoms with Crippen LogP contribution in [0.4, 0.5) is 0 Å². The zero-order valence-electron chi connectivity index (χ0n) is 62.9. The Morgan fingerprint density at radius 2 is 0.455 bits per heavy atom. The topological polar surface area (TPSA) is 109 Å². The summed E-state index contributed by atoms with van der Waals surface area (Å²) in [5.74, 6) is 10.2. The van der Waals surface area contributed by atoms with Gasteiger partial charge in [0.05, 0.1) is 34.3 Å². The number of hydrogen-bond acceptors (Lipinski definition) is 13. The first-order valence-corrected chi connectivity index (χ1v) is 47.2. The molecular formula is C84H130N8S7. The SMILES string of the molecule is CCCCCCCCSC1=C(SCCCCCCCC)c2nc1nc1[nH]c(nc3nc(nc4[nH]c(n2)c(SCCCCCCCC)c4SCCCCCCCC)C(c2ccc(-c4ccccc4)cc2)=C3SCCCCCCCC)c(SCCCCCCCC)c1SCCCCCCCC. The second-order valence-electron chi connectivity index (χ2n) is 27.5. The molecule has 0 amide bonds. The van der Waals surface area contributed by atoms with Crippen LogP contribution >= 0.6 is 82.3 Å². The molecule has 2 aromatic carbocycles. The number of nitrogens with one attached hydrogen (secondary N) is 2. The average molecular weight is 1480 g/mol. The minimum atomic E-state index is 0.716. The molecule has 0 saturated carbocycles. The number of unbranched alkanes of at least 4 members (excludes halogenated alkanes) is 35. The van der Waals surface area contributed by atoms with Gasteiger partial charge >= 0.3 is 0 Å². The molecule has 0 aliphatic carbocycles. The van der Waals surface area contributed by atoms with Gasteiger partial charge in [0.2, 0.25) is 0 Å². The summed E-state index contributed by atoms with van der Waals surface area (Å²) in [6, 6.07) is 20.1. The maximum atomic E-state index is 5.96. The normalized spacial score (nSPS) is 12.6. The van der Waals surface area contributed by atoms with E-state index in [0.29, 0.717) is 5.82 Å². The van der Waals surface area contributed by atoms with Crippen LogP contribution in [0, 0.1) is 0 Å². The number of fused-ring (bicyclic) bond motifs is 8. The Hall–Kier alpha value is -2.79. The van der Waals surface area contributed by atoms with Crippen LogP contribution in [0.25, 0.3) is 54.0 Å². The third-order valence-corrected chi connectivity index (χ3v) is 27.4. The lowest BCUT2D eigenvalue weighted by Gasteiger charge is -2.10. The molecule has 2 aliphatic rings. The van der Waals surface area contributed by atoms with Crippen molar-refractivity contribution in [2.24, 2.45) is 0 Å². The highest BCUT2D eigenvalue weighted by Gasteiger charge is 2.30. The Morgan fingerprint density at radius 3 is 0.768 bits per heavy atom. The Balaban J connectivity index is 1.56. The van der Waals surface area contributed by atoms with Crippen LogP contribution in [0.15, 0.2) is 74.2 Å². The van der Waals surface area contributed by atoms with Crippen molar-refractivity contribution in [2.45, 2.75) is 338 Å². The predicted octanol–water partition coefficient (Wildman–Crippen LogP) is 29.4. The molecule has 8 bridgehead atoms. The van der Waals surface area contributed by atoms with Gasteiger partial charge in [0, 0.05) is 5.57 Å². The first kappa shape index (κ1) is 83.5. The molecule has 7 rings (SSSR count). The van der Waals surface area contributed by atoms with Crippen molar-refractivity contribution in [3.8, 4) is 11.1 Å². The molecule has 0 radical (unpaired) electrons. The molecule has 0 saturated heterocycles. The van der Waals surface area contributed by atoms with Gasteiger partial charge in [-0.3, -0.25) is 0 Å². The largest absolute Gasteiger partial charge is 0.323 e. The monoisotopic (exact) mass is 1470 g/mol. The Labute approximate surface area is 632 Å². The zero-order chi connectivity index (χ0) is 69.6. The van der Waals surface area contributed by atoms with E-state index in [0.717, 1.165) is 122 Å². The minimum absolute atomic E-state index is 0.716. The molecule has 0 fully saturated rings. The Kier molecular flexibility index (Phi) is 44.0. The number of hydrogen-bond donors (Lipinski definition) is 2. The van der Waals surface area contributed by atoms with Gasteiger partial charge in [-0.2, -0.15) is 0 Å². The molecule has 5 heterocycles. The van der Waals surface area contributed by atoms with Gasteiger partial charge in [-0.15, -0.1) is 82.3 Å². The molecule has 548 valence electrons. The minimum Gasteiger partial charge on any atom is -0.323 e. The van der Waals surface area contributed by atoms with E-state index in [1.807, 2.05) is 82.3 Å². The van der Waals surface area contributed by atoms with Crippen molar-refractivity contribution in [2.75, 3.05) is 40.3 Å². The molecule has 0 atom stereocenters. The lowest BCUT2D eigenvalue weighted by atomic mass is 10.00. The smallest absolute Gasteiger partial charge is 0.171 e. The van der Waals surface area contributed by atoms with Crippen LogP contribution in [0.1, 0.15) is 347 Å². The van der Waals surface area contributed by atoms with Gasteiger partial charge in [0.25, 0.3) is 0 Å². The van der Waals surface area contributed by atoms with Crippen molar-refractivity contribution in [3.63, 3.8) is 0 Å². The molecule has 2 N–H and O–H groups in total. The molecule has 8 nitrogen and oxygen atoms in total. The van der Waals surface area contributed by atoms with Gasteiger partial charge < -0.3 is 9.97 Å². The van der Waals surface area contributed by atoms with E-state index in [4.69, 9.17) is 29.9 Å². The van der Waals surface area contributed by atoms with Gasteiger partial charge in [0.1, 0.15) is 22.6 Å². The van der Waals surface area contributed by atoms with Crippen molar-refractivity contribution >= 4 is 125 Å². The summed E-state index contributed by atoms with van der Waals surface area (Å²) in [7, 11) is 0. The molecule has 99 heavy (non-hydrogen) atoms. The van der Waals surface area contributed by atoms with Gasteiger partial charge in [-0.1, -0.05) is 328 Å². The molecule has 0 spiro atoms. The van der Waals surface area contributed by atoms with E-state index in [9.17, 15) is 0 Å². The summed E-state index contributed by atoms with van der Waals surface area (Å²) < 4.78 is 0. The average Bonchev–Trinajstić information content (AvgIpc) is 1.61. The van der Waals surface area contributed by atoms with E-state index < -0.39 is 0 Å². The lowest BCUT2D eigenvalue weighted by molar-refractivity contribution is 0.627. The summed E-state index contributed by atoms with van der Waals surface area (Å²) in [5.41, 5.74) is 8.04. The summed E-state index contributed by atoms with van der Waals surface area (Å²) >= 11 is 13.8. The van der Waals surface area contributed by atoms with Gasteiger partial charge in [0.15, 0.2) is 23.3 Å². The fraction of sp³-hybridized carbons (Fsp3) is 0.667. The van der Waals surface area contributed by atoms with Crippen molar-refractivity contribution < 1.29 is 0 Å². The molecule has 15 heteroatoms. The number of nitrogens with zero attached hydrogens (tertiary/aromatic N) is 6. The molecule has 2 aliphatic heterocycles. The second-order valence-corrected chi connectivity index (χ2v) is 35.3. The van der Waals surface area contributed by atoms with E-state index in [1.165, 1.54) is 285 Å². The number of rotatable bonds is 58. The van der Waals surface area contributed by atoms with Gasteiger partial charge in [-0.05, 0) is 102 Å². The second kappa shape index (κ2) is 52.2. The Bertz CT molecular complexity index is 3230. The van der Waals surface area contributed by atoms with E-state index in [1.54, 1.807) is 0 Å². The van der Waals surface area contributed by atoms with E-state index in [-0.39, 0.29) is 0 Å². The van der Waals surface area contributed by atoms with Crippen molar-refractivity contribution in [1.82, 2.24) is 39.9 Å². The number of aromatic nitrogens is 8. The highest BCUT2D eigenvalue weighted by Crippen LogP contribution is 2.48. The van der Waals surface area contributed by atoms with Crippen LogP contribution in [0.2, 0.25) is 0 Å². The van der Waals surface area contributed by atoms with Crippen LogP contribution < -0.4 is 0 Å². The van der Waals surface area contributed by atoms with Crippen LogP contribution in [-0.2, 0) is 0 Å². The van der Waals surface area contributed by atoms with E-state index in [2.05, 4.69) is 113 Å². The number of aromatic amines is 2. The lowest BCUT2D eigenvalue weighted by Crippen LogP contribution is -1.92. The maximum Gasteiger partial charge on any atom is 0.171 e. The third-order valence-electron chi connectivity index (χ3n) is 18.8. The zero-order valence-corrected chi connectivity index (χ0v) is 68.6. The molecule has 3 aromatic heterocycles. The quantitative estimate of drug-likeness (QED) is 0.0285. The van der Waals surface area contributed by atoms with Crippen LogP contribution in [0.5, 0.6) is 0 Å². The summed E-state index contributed by atoms with van der Waals surface area (Å²) in [6.07, 6.45) is 52.9. The number of benzene rings is 2. The molecule has 5 aromatic rings. The fourth-order valence-corrected chi connectivity index (χ4v) is 21.0. The van der Waals surface area contributed by atoms with Crippen molar-refractivity contribution in [3.05, 3.63) is 83.5 Å². The third kappa shape index (κ3) is 29.9. The molecular weight excluding hydrogens is 1350 g/mol. The summed E-state index contributed by atoms with van der Waals surface area (Å²) in [4.78, 5) is 51.7. The first-order valence-electron chi connectivity index (χ1n) is 40.3. The van der Waals surface area contributed by atoms with Crippen molar-refractivity contribution in [1.29, 1.82) is 0 Å². The van der Waals surface area contributed by atoms with Crippen LogP contribution in [-0.4, -0.2) is 80.1 Å². The summed E-state index contributed by atoms with van der Waals surface area (Å²) in [5, 5.41) is 0. The van der Waals surface area contributed by atoms with E-state index >= 15 is 0 Å². The maximum absolute atomic E-state index is 5.96. The van der Waals surface area contributed by atoms with Gasteiger partial charge in [-0.25, -0.2) is 29.9 Å². The summed E-state index contributed by atoms with van der Waals surface area (Å²) in [6.45, 7) is 16.2. The molecule has 0 unspecified atom stereocenters. The highest BCUT2D eigenvalue weighted by molar-refractivity contribution is 8.13. The number of H-pyrrole nitrogens is 2.